The molecule has 0 bridgehead atoms. The van der Waals surface area contributed by atoms with Crippen LogP contribution in [0.3, 0.4) is 0 Å². The molecular weight excluding hydrogens is 805 g/mol. The standard InChI is InChI=1S/C50H60N10O4/c1-39(61)55-45-17-21-47(22-18-45)57(3)53-37-41-25-33-59(34-26-41)31-11-7-5-9-29-51-49(63)43-13-15-44(16-14-43)50(64)52-30-10-6-8-12-32-60-35-27-42(28-36-60)38-54-58(4)48-23-19-46(20-24-48)56-40(2)62/h13-28,33-38H,5-12,29-32H2,1-4H3,(H2-2,51,52,53,54,55,56,61,62,63,64)/p+2. The molecule has 0 fully saturated rings. The van der Waals surface area contributed by atoms with Gasteiger partial charge in [-0.25, -0.2) is 9.13 Å². The van der Waals surface area contributed by atoms with E-state index < -0.39 is 0 Å². The van der Waals surface area contributed by atoms with Crippen molar-refractivity contribution in [2.24, 2.45) is 10.2 Å². The van der Waals surface area contributed by atoms with Gasteiger partial charge in [-0.3, -0.25) is 29.2 Å². The fourth-order valence-corrected chi connectivity index (χ4v) is 6.70. The molecule has 0 saturated carbocycles. The van der Waals surface area contributed by atoms with Crippen molar-refractivity contribution in [1.29, 1.82) is 0 Å². The van der Waals surface area contributed by atoms with E-state index in [1.54, 1.807) is 34.3 Å². The Hall–Kier alpha value is -7.22. The van der Waals surface area contributed by atoms with Gasteiger partial charge in [-0.2, -0.15) is 10.2 Å². The number of hydrogen-bond donors (Lipinski definition) is 4. The second-order valence-electron chi connectivity index (χ2n) is 15.6. The number of rotatable bonds is 24. The van der Waals surface area contributed by atoms with E-state index in [4.69, 9.17) is 0 Å². The highest BCUT2D eigenvalue weighted by Crippen LogP contribution is 2.18. The molecule has 2 heterocycles. The van der Waals surface area contributed by atoms with Gasteiger partial charge >= 0.3 is 0 Å². The summed E-state index contributed by atoms with van der Waals surface area (Å²) < 4.78 is 4.33. The molecule has 0 aliphatic heterocycles. The molecule has 334 valence electrons. The van der Waals surface area contributed by atoms with Gasteiger partial charge in [0.2, 0.25) is 11.8 Å². The van der Waals surface area contributed by atoms with E-state index in [1.165, 1.54) is 13.8 Å². The molecule has 0 unspecified atom stereocenters. The quantitative estimate of drug-likeness (QED) is 0.0225. The van der Waals surface area contributed by atoms with Crippen molar-refractivity contribution in [2.75, 3.05) is 47.8 Å². The average molecular weight is 867 g/mol. The van der Waals surface area contributed by atoms with E-state index in [9.17, 15) is 19.2 Å². The molecule has 0 radical (unpaired) electrons. The van der Waals surface area contributed by atoms with Gasteiger partial charge in [0.15, 0.2) is 24.8 Å². The van der Waals surface area contributed by atoms with Gasteiger partial charge in [0, 0.05) is 112 Å². The normalized spacial score (nSPS) is 11.1. The molecule has 14 heteroatoms. The minimum absolute atomic E-state index is 0.101. The molecule has 14 nitrogen and oxygen atoms in total. The highest BCUT2D eigenvalue weighted by molar-refractivity contribution is 5.98. The topological polar surface area (TPSA) is 155 Å². The summed E-state index contributed by atoms with van der Waals surface area (Å²) in [6, 6.07) is 30.0. The van der Waals surface area contributed by atoms with E-state index in [0.717, 1.165) is 98.3 Å². The van der Waals surface area contributed by atoms with Crippen LogP contribution in [0.15, 0.2) is 132 Å². The highest BCUT2D eigenvalue weighted by Gasteiger charge is 2.10. The number of hydrogen-bond acceptors (Lipinski definition) is 8. The summed E-state index contributed by atoms with van der Waals surface area (Å²) >= 11 is 0. The maximum atomic E-state index is 12.7. The first-order chi connectivity index (χ1) is 31.0. The Morgan fingerprint density at radius 1 is 0.484 bits per heavy atom. The number of aryl methyl sites for hydroxylation is 2. The van der Waals surface area contributed by atoms with Crippen molar-refractivity contribution in [1.82, 2.24) is 10.6 Å². The number of nitrogens with zero attached hydrogens (tertiary/aromatic N) is 6. The second-order valence-corrected chi connectivity index (χ2v) is 15.6. The van der Waals surface area contributed by atoms with Gasteiger partial charge in [0.25, 0.3) is 11.8 Å². The van der Waals surface area contributed by atoms with E-state index in [0.29, 0.717) is 24.2 Å². The maximum Gasteiger partial charge on any atom is 0.251 e. The third kappa shape index (κ3) is 16.9. The molecule has 4 amide bonds. The van der Waals surface area contributed by atoms with Crippen LogP contribution in [0, 0.1) is 0 Å². The van der Waals surface area contributed by atoms with Crippen molar-refractivity contribution in [3.05, 3.63) is 144 Å². The largest absolute Gasteiger partial charge is 0.352 e. The fourth-order valence-electron chi connectivity index (χ4n) is 6.70. The number of amides is 4. The summed E-state index contributed by atoms with van der Waals surface area (Å²) in [6.45, 7) is 6.02. The summed E-state index contributed by atoms with van der Waals surface area (Å²) in [6.07, 6.45) is 19.9. The number of aromatic nitrogens is 2. The minimum atomic E-state index is -0.132. The number of unbranched alkanes of at least 4 members (excludes halogenated alkanes) is 6. The summed E-state index contributed by atoms with van der Waals surface area (Å²) in [5.74, 6) is -0.466. The van der Waals surface area contributed by atoms with Crippen LogP contribution < -0.4 is 40.4 Å². The molecule has 0 aliphatic rings. The van der Waals surface area contributed by atoms with Gasteiger partial charge in [0.1, 0.15) is 13.1 Å². The van der Waals surface area contributed by atoms with Crippen molar-refractivity contribution in [3.8, 4) is 0 Å². The Labute approximate surface area is 377 Å². The Kier molecular flexibility index (Phi) is 19.2. The van der Waals surface area contributed by atoms with Gasteiger partial charge in [-0.05, 0) is 98.5 Å². The SMILES string of the molecule is CC(=O)Nc1ccc(N(C)N=Cc2cc[n+](CCCCCCNC(=O)c3ccc(C(=O)NCCCCCC[n+]4ccc(C=NN(C)c5ccc(NC(C)=O)cc5)cc4)cc3)cc2)cc1. The second kappa shape index (κ2) is 25.7. The van der Waals surface area contributed by atoms with E-state index >= 15 is 0 Å². The molecule has 0 saturated heterocycles. The van der Waals surface area contributed by atoms with Crippen molar-refractivity contribution in [2.45, 2.75) is 78.3 Å². The van der Waals surface area contributed by atoms with Gasteiger partial charge in [-0.1, -0.05) is 12.8 Å². The molecule has 0 spiro atoms. The van der Waals surface area contributed by atoms with Crippen LogP contribution in [0.4, 0.5) is 22.7 Å². The van der Waals surface area contributed by atoms with Crippen molar-refractivity contribution < 1.29 is 28.3 Å². The predicted octanol–water partition coefficient (Wildman–Crippen LogP) is 7.10. The lowest BCUT2D eigenvalue weighted by Crippen LogP contribution is -2.32. The van der Waals surface area contributed by atoms with Crippen molar-refractivity contribution >= 4 is 58.8 Å². The van der Waals surface area contributed by atoms with Gasteiger partial charge in [0.05, 0.1) is 23.8 Å². The lowest BCUT2D eigenvalue weighted by molar-refractivity contribution is -0.697. The molecule has 2 aromatic heterocycles. The molecule has 5 aromatic rings. The Morgan fingerprint density at radius 2 is 0.828 bits per heavy atom. The van der Waals surface area contributed by atoms with Crippen LogP contribution >= 0.6 is 0 Å². The molecule has 64 heavy (non-hydrogen) atoms. The van der Waals surface area contributed by atoms with Crippen LogP contribution in [0.1, 0.15) is 97.1 Å². The monoisotopic (exact) mass is 866 g/mol. The van der Waals surface area contributed by atoms with E-state index in [2.05, 4.69) is 65.4 Å². The zero-order chi connectivity index (χ0) is 45.5. The van der Waals surface area contributed by atoms with Crippen LogP contribution in [-0.2, 0) is 22.7 Å². The molecular formula is C50H62N10O4+2. The summed E-state index contributed by atoms with van der Waals surface area (Å²) in [5, 5.41) is 24.2. The zero-order valence-electron chi connectivity index (χ0n) is 37.5. The lowest BCUT2D eigenvalue weighted by Gasteiger charge is -2.13. The first-order valence-electron chi connectivity index (χ1n) is 22.0. The average Bonchev–Trinajstić information content (AvgIpc) is 3.30. The highest BCUT2D eigenvalue weighted by atomic mass is 16.2. The summed E-state index contributed by atoms with van der Waals surface area (Å²) in [7, 11) is 3.76. The zero-order valence-corrected chi connectivity index (χ0v) is 37.5. The number of anilines is 4. The van der Waals surface area contributed by atoms with Crippen LogP contribution in [-0.4, -0.2) is 63.2 Å². The fraction of sp³-hybridized carbons (Fsp3) is 0.320. The molecule has 4 N–H and O–H groups in total. The number of hydrazone groups is 2. The molecule has 0 aliphatic carbocycles. The maximum absolute atomic E-state index is 12.7. The molecule has 0 atom stereocenters. The smallest absolute Gasteiger partial charge is 0.251 e. The Balaban J connectivity index is 0.870. The summed E-state index contributed by atoms with van der Waals surface area (Å²) in [5.41, 5.74) is 6.41. The van der Waals surface area contributed by atoms with E-state index in [1.807, 2.05) is 99.3 Å². The third-order valence-electron chi connectivity index (χ3n) is 10.4. The predicted molar refractivity (Wildman–Crippen MR) is 255 cm³/mol. The minimum Gasteiger partial charge on any atom is -0.352 e. The number of pyridine rings is 2. The Bertz CT molecular complexity index is 2130. The van der Waals surface area contributed by atoms with E-state index in [-0.39, 0.29) is 23.6 Å². The van der Waals surface area contributed by atoms with Crippen LogP contribution in [0.2, 0.25) is 0 Å². The lowest BCUT2D eigenvalue weighted by atomic mass is 10.1. The molecule has 3 aromatic carbocycles. The third-order valence-corrected chi connectivity index (χ3v) is 10.4. The summed E-state index contributed by atoms with van der Waals surface area (Å²) in [4.78, 5) is 47.9. The number of carbonyl (C=O) groups is 4. The van der Waals surface area contributed by atoms with Crippen LogP contribution in [0.5, 0.6) is 0 Å². The Morgan fingerprint density at radius 3 is 1.17 bits per heavy atom. The number of nitrogens with one attached hydrogen (secondary N) is 4. The number of carbonyl (C=O) groups excluding carboxylic acids is 4. The first-order valence-corrected chi connectivity index (χ1v) is 22.0. The van der Waals surface area contributed by atoms with Crippen molar-refractivity contribution in [3.63, 3.8) is 0 Å². The number of benzene rings is 3. The molecule has 5 rings (SSSR count). The van der Waals surface area contributed by atoms with Crippen LogP contribution in [0.25, 0.3) is 0 Å². The van der Waals surface area contributed by atoms with Gasteiger partial charge < -0.3 is 21.3 Å². The first kappa shape index (κ1) is 47.8. The van der Waals surface area contributed by atoms with Gasteiger partial charge in [-0.15, -0.1) is 0 Å².